The number of hydrogen-bond donors (Lipinski definition) is 5. The minimum absolute atomic E-state index is 0.833. The molecule has 5 N–H and O–H groups in total. The fourth-order valence-electron chi connectivity index (χ4n) is 0. The summed E-state index contributed by atoms with van der Waals surface area (Å²) in [4.78, 5) is 9.00. The van der Waals surface area contributed by atoms with E-state index < -0.39 is 12.1 Å². The van der Waals surface area contributed by atoms with Gasteiger partial charge in [-0.2, -0.15) is 0 Å². The van der Waals surface area contributed by atoms with Gasteiger partial charge >= 0.3 is 6.10 Å². The lowest BCUT2D eigenvalue weighted by Gasteiger charge is -2.09. The zero-order chi connectivity index (χ0) is 8.78. The lowest BCUT2D eigenvalue weighted by atomic mass is 10.9. The molecular formula is C4H11NO5. The summed E-state index contributed by atoms with van der Waals surface area (Å²) >= 11 is 0. The van der Waals surface area contributed by atoms with E-state index in [0.29, 0.717) is 0 Å². The van der Waals surface area contributed by atoms with Gasteiger partial charge in [0.05, 0.1) is 0 Å². The first-order chi connectivity index (χ1) is 4.29. The summed E-state index contributed by atoms with van der Waals surface area (Å²) in [6.07, 6.45) is -2.71. The van der Waals surface area contributed by atoms with E-state index in [1.807, 2.05) is 0 Å². The SMILES string of the molecule is CC(=O)O.CNC(O)(O)O. The molecule has 0 saturated heterocycles. The largest absolute Gasteiger partial charge is 0.481 e. The second kappa shape index (κ2) is 5.12. The number of rotatable bonds is 1. The summed E-state index contributed by atoms with van der Waals surface area (Å²) < 4.78 is 0. The highest BCUT2D eigenvalue weighted by Gasteiger charge is 2.11. The van der Waals surface area contributed by atoms with Crippen molar-refractivity contribution < 1.29 is 25.2 Å². The Morgan fingerprint density at radius 3 is 1.50 bits per heavy atom. The maximum Gasteiger partial charge on any atom is 0.342 e. The fraction of sp³-hybridized carbons (Fsp3) is 0.750. The molecule has 0 amide bonds. The molecule has 0 bridgehead atoms. The van der Waals surface area contributed by atoms with E-state index >= 15 is 0 Å². The molecule has 0 aromatic rings. The monoisotopic (exact) mass is 153 g/mol. The molecule has 6 heteroatoms. The highest BCUT2D eigenvalue weighted by molar-refractivity contribution is 5.62. The van der Waals surface area contributed by atoms with Gasteiger partial charge in [0.1, 0.15) is 0 Å². The quantitative estimate of drug-likeness (QED) is 0.276. The average Bonchev–Trinajstić information content (AvgIpc) is 1.63. The third-order valence-corrected chi connectivity index (χ3v) is 0.335. The third kappa shape index (κ3) is 54.5. The average molecular weight is 153 g/mol. The molecule has 0 radical (unpaired) electrons. The number of aliphatic hydroxyl groups is 3. The molecule has 0 aliphatic carbocycles. The predicted molar refractivity (Wildman–Crippen MR) is 31.8 cm³/mol. The van der Waals surface area contributed by atoms with Crippen molar-refractivity contribution in [1.29, 1.82) is 0 Å². The number of carbonyl (C=O) groups is 1. The highest BCUT2D eigenvalue weighted by atomic mass is 16.7. The van der Waals surface area contributed by atoms with Crippen LogP contribution < -0.4 is 5.32 Å². The molecule has 0 aliphatic rings. The van der Waals surface area contributed by atoms with Gasteiger partial charge in [0.15, 0.2) is 0 Å². The topological polar surface area (TPSA) is 110 Å². The standard InChI is InChI=1S/C2H7NO3.C2H4O2/c1-3-2(4,5)6;1-2(3)4/h3-6H,1H3;1H3,(H,3,4). The Morgan fingerprint density at radius 2 is 1.50 bits per heavy atom. The summed E-state index contributed by atoms with van der Waals surface area (Å²) in [5.41, 5.74) is 0. The van der Waals surface area contributed by atoms with Gasteiger partial charge in [-0.25, -0.2) is 5.32 Å². The van der Waals surface area contributed by atoms with Crippen molar-refractivity contribution in [3.63, 3.8) is 0 Å². The molecule has 0 aliphatic heterocycles. The zero-order valence-electron chi connectivity index (χ0n) is 5.70. The molecule has 0 heterocycles. The second-order valence-corrected chi connectivity index (χ2v) is 1.40. The first-order valence-corrected chi connectivity index (χ1v) is 2.35. The van der Waals surface area contributed by atoms with Crippen molar-refractivity contribution >= 4 is 5.97 Å². The van der Waals surface area contributed by atoms with Crippen LogP contribution in [0, 0.1) is 0 Å². The normalized spacial score (nSPS) is 9.70. The maximum absolute atomic E-state index is 9.00. The van der Waals surface area contributed by atoms with E-state index in [0.717, 1.165) is 6.92 Å². The zero-order valence-corrected chi connectivity index (χ0v) is 5.70. The van der Waals surface area contributed by atoms with Crippen molar-refractivity contribution in [1.82, 2.24) is 5.32 Å². The van der Waals surface area contributed by atoms with Crippen molar-refractivity contribution in [3.05, 3.63) is 0 Å². The molecule has 0 aromatic heterocycles. The Hall–Kier alpha value is -0.690. The van der Waals surface area contributed by atoms with E-state index in [-0.39, 0.29) is 0 Å². The van der Waals surface area contributed by atoms with Crippen LogP contribution in [-0.2, 0) is 4.79 Å². The summed E-state index contributed by atoms with van der Waals surface area (Å²) in [5, 5.41) is 32.7. The molecule has 62 valence electrons. The fourth-order valence-corrected chi connectivity index (χ4v) is 0. The van der Waals surface area contributed by atoms with Gasteiger partial charge in [-0.05, 0) is 7.05 Å². The minimum Gasteiger partial charge on any atom is -0.481 e. The minimum atomic E-state index is -2.71. The Kier molecular flexibility index (Phi) is 6.16. The molecule has 0 saturated carbocycles. The van der Waals surface area contributed by atoms with Crippen molar-refractivity contribution in [2.45, 2.75) is 13.0 Å². The van der Waals surface area contributed by atoms with Gasteiger partial charge in [0.2, 0.25) is 0 Å². The van der Waals surface area contributed by atoms with Crippen LogP contribution >= 0.6 is 0 Å². The Morgan fingerprint density at radius 1 is 1.40 bits per heavy atom. The molecule has 0 unspecified atom stereocenters. The summed E-state index contributed by atoms with van der Waals surface area (Å²) in [7, 11) is 1.21. The Bertz CT molecular complexity index is 92.3. The number of carboxylic acid groups (broad SMARTS) is 1. The number of aliphatic carboxylic acids is 1. The van der Waals surface area contributed by atoms with Gasteiger partial charge in [-0.3, -0.25) is 4.79 Å². The van der Waals surface area contributed by atoms with Crippen LogP contribution in [0.4, 0.5) is 0 Å². The van der Waals surface area contributed by atoms with Crippen LogP contribution in [0.15, 0.2) is 0 Å². The van der Waals surface area contributed by atoms with Gasteiger partial charge in [-0.1, -0.05) is 0 Å². The first kappa shape index (κ1) is 12.0. The smallest absolute Gasteiger partial charge is 0.342 e. The van der Waals surface area contributed by atoms with E-state index in [4.69, 9.17) is 25.2 Å². The first-order valence-electron chi connectivity index (χ1n) is 2.35. The van der Waals surface area contributed by atoms with Crippen molar-refractivity contribution in [2.24, 2.45) is 0 Å². The van der Waals surface area contributed by atoms with Gasteiger partial charge in [-0.15, -0.1) is 0 Å². The molecule has 0 atom stereocenters. The van der Waals surface area contributed by atoms with Crippen LogP contribution in [0.1, 0.15) is 6.92 Å². The van der Waals surface area contributed by atoms with Crippen LogP contribution in [0.3, 0.4) is 0 Å². The highest BCUT2D eigenvalue weighted by Crippen LogP contribution is 1.77. The Balaban J connectivity index is 0. The van der Waals surface area contributed by atoms with E-state index in [2.05, 4.69) is 0 Å². The van der Waals surface area contributed by atoms with Crippen molar-refractivity contribution in [3.8, 4) is 0 Å². The van der Waals surface area contributed by atoms with E-state index in [1.165, 1.54) is 7.05 Å². The molecule has 0 spiro atoms. The third-order valence-electron chi connectivity index (χ3n) is 0.335. The van der Waals surface area contributed by atoms with Crippen LogP contribution in [0.2, 0.25) is 0 Å². The molecule has 0 rings (SSSR count). The van der Waals surface area contributed by atoms with Gasteiger partial charge < -0.3 is 20.4 Å². The number of carboxylic acids is 1. The van der Waals surface area contributed by atoms with Crippen LogP contribution in [0.5, 0.6) is 0 Å². The van der Waals surface area contributed by atoms with Crippen molar-refractivity contribution in [2.75, 3.05) is 7.05 Å². The summed E-state index contributed by atoms with van der Waals surface area (Å²) in [6.45, 7) is 1.08. The lowest BCUT2D eigenvalue weighted by Crippen LogP contribution is -2.41. The molecule has 6 nitrogen and oxygen atoms in total. The molecule has 10 heavy (non-hydrogen) atoms. The lowest BCUT2D eigenvalue weighted by molar-refractivity contribution is -0.328. The summed E-state index contributed by atoms with van der Waals surface area (Å²) in [6, 6.07) is 0. The molecular weight excluding hydrogens is 142 g/mol. The van der Waals surface area contributed by atoms with Crippen LogP contribution in [-0.4, -0.2) is 39.5 Å². The van der Waals surface area contributed by atoms with Gasteiger partial charge in [0, 0.05) is 6.92 Å². The van der Waals surface area contributed by atoms with Crippen LogP contribution in [0.25, 0.3) is 0 Å². The van der Waals surface area contributed by atoms with E-state index in [9.17, 15) is 0 Å². The van der Waals surface area contributed by atoms with Gasteiger partial charge in [0.25, 0.3) is 5.97 Å². The number of nitrogens with one attached hydrogen (secondary N) is 1. The summed E-state index contributed by atoms with van der Waals surface area (Å²) in [5.74, 6) is -0.833. The maximum atomic E-state index is 9.00. The molecule has 0 fully saturated rings. The molecule has 0 aromatic carbocycles. The number of hydrogen-bond acceptors (Lipinski definition) is 5. The predicted octanol–water partition coefficient (Wildman–Crippen LogP) is -2.12. The Labute approximate surface area is 57.7 Å². The second-order valence-electron chi connectivity index (χ2n) is 1.40. The van der Waals surface area contributed by atoms with E-state index in [1.54, 1.807) is 5.32 Å².